The molecule has 8 nitrogen and oxygen atoms in total. The second-order valence-corrected chi connectivity index (χ2v) is 11.2. The lowest BCUT2D eigenvalue weighted by atomic mass is 9.50. The van der Waals surface area contributed by atoms with Gasteiger partial charge in [0.1, 0.15) is 11.9 Å². The molecular formula is C30H37NO7. The Balaban J connectivity index is 2.02. The van der Waals surface area contributed by atoms with E-state index < -0.39 is 46.3 Å². The van der Waals surface area contributed by atoms with Crippen molar-refractivity contribution in [3.63, 3.8) is 0 Å². The van der Waals surface area contributed by atoms with E-state index >= 15 is 0 Å². The first-order valence-corrected chi connectivity index (χ1v) is 13.1. The Bertz CT molecular complexity index is 1200. The molecule has 0 aromatic heterocycles. The molecule has 4 rings (SSSR count). The van der Waals surface area contributed by atoms with Gasteiger partial charge >= 0.3 is 5.97 Å². The van der Waals surface area contributed by atoms with Crippen LogP contribution in [0.5, 0.6) is 0 Å². The average molecular weight is 524 g/mol. The van der Waals surface area contributed by atoms with Gasteiger partial charge in [0.15, 0.2) is 11.5 Å². The number of aliphatic hydroxyl groups excluding tert-OH is 1. The lowest BCUT2D eigenvalue weighted by Gasteiger charge is -2.54. The van der Waals surface area contributed by atoms with Crippen molar-refractivity contribution in [2.45, 2.75) is 52.6 Å². The molecule has 2 fully saturated rings. The standard InChI is InChI=1S/C30H37NO7/c1-7-11-31(12-8-2)15-19-21(33)13-18(16-37-6)30(5)25(19)28(36)27(35)24-20-9-10-23(34)29(20,4)14-22(26(24)30)38-17(3)32/h7-8,15,18,20,22,36H,1-2,9-14,16H2,3-6H3/b19-15+/t18-,20+,22-,29+,30+/m1/s1. The van der Waals surface area contributed by atoms with Crippen LogP contribution in [-0.4, -0.2) is 66.2 Å². The van der Waals surface area contributed by atoms with Gasteiger partial charge in [-0.25, -0.2) is 0 Å². The maximum atomic E-state index is 14.0. The molecule has 0 amide bonds. The van der Waals surface area contributed by atoms with Crippen LogP contribution in [0, 0.1) is 22.7 Å². The third-order valence-electron chi connectivity index (χ3n) is 8.94. The van der Waals surface area contributed by atoms with Crippen molar-refractivity contribution in [1.82, 2.24) is 4.90 Å². The fraction of sp³-hybridized carbons (Fsp3) is 0.533. The summed E-state index contributed by atoms with van der Waals surface area (Å²) < 4.78 is 11.4. The van der Waals surface area contributed by atoms with Gasteiger partial charge in [0.2, 0.25) is 5.78 Å². The highest BCUT2D eigenvalue weighted by atomic mass is 16.5. The molecule has 1 N–H and O–H groups in total. The molecule has 0 unspecified atom stereocenters. The van der Waals surface area contributed by atoms with Crippen LogP contribution in [0.1, 0.15) is 46.5 Å². The highest BCUT2D eigenvalue weighted by Gasteiger charge is 2.63. The second-order valence-electron chi connectivity index (χ2n) is 11.2. The van der Waals surface area contributed by atoms with Crippen LogP contribution < -0.4 is 0 Å². The molecule has 0 aromatic rings. The topological polar surface area (TPSA) is 110 Å². The Kier molecular flexibility index (Phi) is 7.40. The van der Waals surface area contributed by atoms with E-state index in [2.05, 4.69) is 13.2 Å². The minimum Gasteiger partial charge on any atom is -0.504 e. The first-order valence-electron chi connectivity index (χ1n) is 13.1. The molecule has 0 aliphatic heterocycles. The molecule has 204 valence electrons. The molecule has 0 aromatic carbocycles. The molecule has 0 spiro atoms. The quantitative estimate of drug-likeness (QED) is 0.291. The van der Waals surface area contributed by atoms with E-state index in [0.717, 1.165) is 0 Å². The van der Waals surface area contributed by atoms with Gasteiger partial charge in [0.05, 0.1) is 6.61 Å². The number of Topliss-reactive ketones (excluding diaryl/α,β-unsaturated/α-hetero) is 3. The number of carbonyl (C=O) groups is 4. The van der Waals surface area contributed by atoms with E-state index in [1.54, 1.807) is 25.5 Å². The van der Waals surface area contributed by atoms with Crippen molar-refractivity contribution in [3.05, 3.63) is 59.6 Å². The summed E-state index contributed by atoms with van der Waals surface area (Å²) in [6.45, 7) is 13.6. The summed E-state index contributed by atoms with van der Waals surface area (Å²) >= 11 is 0. The maximum Gasteiger partial charge on any atom is 0.303 e. The predicted molar refractivity (Wildman–Crippen MR) is 141 cm³/mol. The van der Waals surface area contributed by atoms with E-state index in [4.69, 9.17) is 9.47 Å². The van der Waals surface area contributed by atoms with Gasteiger partial charge in [0.25, 0.3) is 0 Å². The van der Waals surface area contributed by atoms with Gasteiger partial charge in [0, 0.05) is 92.0 Å². The number of hydrogen-bond acceptors (Lipinski definition) is 8. The third-order valence-corrected chi connectivity index (χ3v) is 8.94. The number of allylic oxidation sites excluding steroid dienone is 3. The normalized spacial score (nSPS) is 33.6. The number of hydrogen-bond donors (Lipinski definition) is 1. The van der Waals surface area contributed by atoms with Gasteiger partial charge in [-0.1, -0.05) is 26.0 Å². The zero-order valence-electron chi connectivity index (χ0n) is 22.7. The molecule has 4 aliphatic rings. The summed E-state index contributed by atoms with van der Waals surface area (Å²) in [4.78, 5) is 54.7. The number of fused-ring (bicyclic) bond motifs is 4. The minimum atomic E-state index is -1.05. The number of esters is 1. The molecule has 5 atom stereocenters. The van der Waals surface area contributed by atoms with E-state index in [1.807, 2.05) is 18.7 Å². The van der Waals surface area contributed by atoms with Crippen LogP contribution in [0.25, 0.3) is 0 Å². The van der Waals surface area contributed by atoms with E-state index in [9.17, 15) is 24.3 Å². The Morgan fingerprint density at radius 1 is 1.18 bits per heavy atom. The summed E-state index contributed by atoms with van der Waals surface area (Å²) in [6.07, 6.45) is 5.34. The lowest BCUT2D eigenvalue weighted by Crippen LogP contribution is -2.54. The molecular weight excluding hydrogens is 486 g/mol. The summed E-state index contributed by atoms with van der Waals surface area (Å²) in [7, 11) is 1.54. The van der Waals surface area contributed by atoms with Crippen LogP contribution in [0.4, 0.5) is 0 Å². The van der Waals surface area contributed by atoms with Crippen LogP contribution in [0.2, 0.25) is 0 Å². The summed E-state index contributed by atoms with van der Waals surface area (Å²) in [5, 5.41) is 11.6. The number of ether oxygens (including phenoxy) is 2. The van der Waals surface area contributed by atoms with Crippen molar-refractivity contribution < 1.29 is 33.8 Å². The first-order chi connectivity index (χ1) is 17.9. The van der Waals surface area contributed by atoms with E-state index in [-0.39, 0.29) is 42.2 Å². The monoisotopic (exact) mass is 523 g/mol. The van der Waals surface area contributed by atoms with Crippen LogP contribution in [-0.2, 0) is 28.7 Å². The summed E-state index contributed by atoms with van der Waals surface area (Å²) in [5.74, 6) is -2.66. The molecule has 38 heavy (non-hydrogen) atoms. The number of ketones is 3. The van der Waals surface area contributed by atoms with Gasteiger partial charge < -0.3 is 19.5 Å². The van der Waals surface area contributed by atoms with Gasteiger partial charge in [-0.2, -0.15) is 0 Å². The minimum absolute atomic E-state index is 0.0239. The van der Waals surface area contributed by atoms with Gasteiger partial charge in [-0.05, 0) is 12.0 Å². The average Bonchev–Trinajstić information content (AvgIpc) is 3.13. The largest absolute Gasteiger partial charge is 0.504 e. The molecule has 4 aliphatic carbocycles. The Labute approximate surface area is 223 Å². The molecule has 0 radical (unpaired) electrons. The number of methoxy groups -OCH3 is 1. The Morgan fingerprint density at radius 3 is 2.42 bits per heavy atom. The number of carbonyl (C=O) groups excluding carboxylic acids is 4. The third kappa shape index (κ3) is 4.10. The Hall–Kier alpha value is -3.26. The summed E-state index contributed by atoms with van der Waals surface area (Å²) in [5.41, 5.74) is -0.538. The highest BCUT2D eigenvalue weighted by Crippen LogP contribution is 2.63. The van der Waals surface area contributed by atoms with Crippen molar-refractivity contribution >= 4 is 23.3 Å². The smallest absolute Gasteiger partial charge is 0.303 e. The van der Waals surface area contributed by atoms with Gasteiger partial charge in [-0.3, -0.25) is 19.2 Å². The molecule has 0 heterocycles. The summed E-state index contributed by atoms with van der Waals surface area (Å²) in [6, 6.07) is 0. The van der Waals surface area contributed by atoms with Gasteiger partial charge in [-0.15, -0.1) is 13.2 Å². The maximum absolute atomic E-state index is 14.0. The molecule has 0 bridgehead atoms. The zero-order chi connectivity index (χ0) is 28.0. The van der Waals surface area contributed by atoms with Crippen LogP contribution >= 0.6 is 0 Å². The second kappa shape index (κ2) is 10.1. The fourth-order valence-corrected chi connectivity index (χ4v) is 7.22. The Morgan fingerprint density at radius 2 is 1.84 bits per heavy atom. The number of nitrogens with zero attached hydrogens (tertiary/aromatic N) is 1. The van der Waals surface area contributed by atoms with Crippen LogP contribution in [0.3, 0.4) is 0 Å². The van der Waals surface area contributed by atoms with Crippen molar-refractivity contribution in [1.29, 1.82) is 0 Å². The molecule has 0 saturated heterocycles. The SMILES string of the molecule is C=CCN(/C=C1\C(=O)C[C@H](COC)[C@@]2(C)C1=C(O)C(=O)C1=C2[C@H](OC(C)=O)C[C@]2(C)C(=O)CC[C@@H]12)CC=C. The lowest BCUT2D eigenvalue weighted by molar-refractivity contribution is -0.150. The van der Waals surface area contributed by atoms with E-state index in [1.165, 1.54) is 6.92 Å². The number of aliphatic hydroxyl groups is 1. The van der Waals surface area contributed by atoms with E-state index in [0.29, 0.717) is 37.1 Å². The van der Waals surface area contributed by atoms with Crippen molar-refractivity contribution in [3.8, 4) is 0 Å². The zero-order valence-corrected chi connectivity index (χ0v) is 22.7. The fourth-order valence-electron chi connectivity index (χ4n) is 7.22. The predicted octanol–water partition coefficient (Wildman–Crippen LogP) is 3.80. The highest BCUT2D eigenvalue weighted by molar-refractivity contribution is 6.14. The first kappa shape index (κ1) is 27.8. The molecule has 8 heteroatoms. The van der Waals surface area contributed by atoms with Crippen molar-refractivity contribution in [2.24, 2.45) is 22.7 Å². The number of rotatable bonds is 8. The van der Waals surface area contributed by atoms with Crippen LogP contribution in [0.15, 0.2) is 59.6 Å². The molecule has 2 saturated carbocycles. The van der Waals surface area contributed by atoms with Crippen molar-refractivity contribution in [2.75, 3.05) is 26.8 Å².